The maximum Gasteiger partial charge on any atom is 0.0279 e. The maximum atomic E-state index is 3.80. The number of nitrogens with zero attached hydrogens (tertiary/aromatic N) is 2. The molecule has 0 rings (SSSR count). The van der Waals surface area contributed by atoms with Crippen LogP contribution in [0, 0.1) is 0 Å². The lowest BCUT2D eigenvalue weighted by Crippen LogP contribution is -2.32. The smallest absolute Gasteiger partial charge is 0.0279 e. The van der Waals surface area contributed by atoms with Gasteiger partial charge in [0.1, 0.15) is 0 Å². The van der Waals surface area contributed by atoms with E-state index in [4.69, 9.17) is 0 Å². The molecule has 0 aliphatic carbocycles. The Morgan fingerprint density at radius 3 is 1.20 bits per heavy atom. The minimum atomic E-state index is 1.01. The van der Waals surface area contributed by atoms with Crippen LogP contribution in [0.4, 0.5) is 0 Å². The molecular weight excluding hydrogens is 124 g/mol. The van der Waals surface area contributed by atoms with E-state index in [0.717, 1.165) is 11.4 Å². The largest absolute Gasteiger partial charge is 0.294 e. The maximum absolute atomic E-state index is 3.80. The van der Waals surface area contributed by atoms with E-state index in [9.17, 15) is 0 Å². The van der Waals surface area contributed by atoms with E-state index in [-0.39, 0.29) is 0 Å². The van der Waals surface area contributed by atoms with Gasteiger partial charge in [0.05, 0.1) is 0 Å². The van der Waals surface area contributed by atoms with E-state index in [2.05, 4.69) is 13.2 Å². The van der Waals surface area contributed by atoms with Crippen LogP contribution in [0.1, 0.15) is 13.8 Å². The van der Waals surface area contributed by atoms with Gasteiger partial charge >= 0.3 is 0 Å². The molecule has 2 heteroatoms. The van der Waals surface area contributed by atoms with Gasteiger partial charge in [-0.3, -0.25) is 10.0 Å². The Kier molecular flexibility index (Phi) is 3.00. The fourth-order valence-electron chi connectivity index (χ4n) is 0.512. The Labute approximate surface area is 63.4 Å². The Morgan fingerprint density at radius 1 is 0.900 bits per heavy atom. The molecule has 0 aliphatic heterocycles. The van der Waals surface area contributed by atoms with Crippen molar-refractivity contribution in [3.8, 4) is 0 Å². The zero-order chi connectivity index (χ0) is 8.31. The molecule has 0 aliphatic rings. The van der Waals surface area contributed by atoms with E-state index < -0.39 is 0 Å². The molecule has 0 amide bonds. The summed E-state index contributed by atoms with van der Waals surface area (Å²) in [6.45, 7) is 11.5. The van der Waals surface area contributed by atoms with Crippen LogP contribution in [0.2, 0.25) is 0 Å². The highest BCUT2D eigenvalue weighted by atomic mass is 15.6. The number of hydrazine groups is 1. The van der Waals surface area contributed by atoms with Gasteiger partial charge in [0, 0.05) is 25.5 Å². The monoisotopic (exact) mass is 140 g/mol. The molecule has 0 heterocycles. The summed E-state index contributed by atoms with van der Waals surface area (Å²) < 4.78 is 0. The molecule has 0 aromatic carbocycles. The minimum absolute atomic E-state index is 1.01. The normalized spacial score (nSPS) is 8.80. The fraction of sp³-hybridized carbons (Fsp3) is 0.500. The third kappa shape index (κ3) is 2.13. The summed E-state index contributed by atoms with van der Waals surface area (Å²) in [5, 5.41) is 3.89. The minimum Gasteiger partial charge on any atom is -0.294 e. The summed E-state index contributed by atoms with van der Waals surface area (Å²) in [6.07, 6.45) is 0. The van der Waals surface area contributed by atoms with Crippen LogP contribution in [0.3, 0.4) is 0 Å². The number of rotatable bonds is 3. The van der Waals surface area contributed by atoms with E-state index in [1.807, 2.05) is 38.0 Å². The van der Waals surface area contributed by atoms with Crippen LogP contribution in [0.25, 0.3) is 0 Å². The summed E-state index contributed by atoms with van der Waals surface area (Å²) in [6, 6.07) is 0. The van der Waals surface area contributed by atoms with Gasteiger partial charge in [0.25, 0.3) is 0 Å². The molecule has 0 saturated carbocycles. The van der Waals surface area contributed by atoms with Gasteiger partial charge in [-0.1, -0.05) is 13.2 Å². The molecule has 0 bridgehead atoms. The van der Waals surface area contributed by atoms with Crippen molar-refractivity contribution < 1.29 is 0 Å². The first-order valence-corrected chi connectivity index (χ1v) is 3.25. The lowest BCUT2D eigenvalue weighted by Gasteiger charge is -2.31. The zero-order valence-corrected chi connectivity index (χ0v) is 7.31. The Hall–Kier alpha value is -0.920. The standard InChI is InChI=1S/C8H16N2/c1-7(2)9(5)10(6)8(3)4/h1,3H2,2,4-6H3. The number of hydrogen-bond donors (Lipinski definition) is 0. The van der Waals surface area contributed by atoms with Crippen molar-refractivity contribution >= 4 is 0 Å². The van der Waals surface area contributed by atoms with Crippen molar-refractivity contribution in [1.29, 1.82) is 0 Å². The molecule has 0 saturated heterocycles. The molecule has 0 fully saturated rings. The predicted molar refractivity (Wildman–Crippen MR) is 45.2 cm³/mol. The summed E-state index contributed by atoms with van der Waals surface area (Å²) in [7, 11) is 3.91. The summed E-state index contributed by atoms with van der Waals surface area (Å²) in [5.74, 6) is 0. The highest BCUT2D eigenvalue weighted by Crippen LogP contribution is 2.05. The van der Waals surface area contributed by atoms with Gasteiger partial charge in [0.2, 0.25) is 0 Å². The molecule has 0 unspecified atom stereocenters. The van der Waals surface area contributed by atoms with Crippen molar-refractivity contribution in [2.45, 2.75) is 13.8 Å². The lowest BCUT2D eigenvalue weighted by atomic mass is 10.5. The quantitative estimate of drug-likeness (QED) is 0.552. The third-order valence-corrected chi connectivity index (χ3v) is 1.55. The molecule has 0 aromatic heterocycles. The van der Waals surface area contributed by atoms with Gasteiger partial charge in [-0.15, -0.1) is 0 Å². The van der Waals surface area contributed by atoms with E-state index in [1.54, 1.807) is 0 Å². The van der Waals surface area contributed by atoms with Crippen LogP contribution in [-0.4, -0.2) is 24.1 Å². The number of allylic oxidation sites excluding steroid dienone is 2. The summed E-state index contributed by atoms with van der Waals surface area (Å²) in [5.41, 5.74) is 2.01. The Balaban J connectivity index is 4.07. The summed E-state index contributed by atoms with van der Waals surface area (Å²) in [4.78, 5) is 0. The van der Waals surface area contributed by atoms with Crippen molar-refractivity contribution in [3.05, 3.63) is 24.6 Å². The average molecular weight is 140 g/mol. The van der Waals surface area contributed by atoms with Gasteiger partial charge in [-0.05, 0) is 13.8 Å². The van der Waals surface area contributed by atoms with Crippen LogP contribution >= 0.6 is 0 Å². The van der Waals surface area contributed by atoms with Crippen LogP contribution in [0.15, 0.2) is 24.6 Å². The highest BCUT2D eigenvalue weighted by Gasteiger charge is 2.01. The van der Waals surface area contributed by atoms with Crippen molar-refractivity contribution in [3.63, 3.8) is 0 Å². The molecule has 10 heavy (non-hydrogen) atoms. The molecule has 58 valence electrons. The summed E-state index contributed by atoms with van der Waals surface area (Å²) >= 11 is 0. The van der Waals surface area contributed by atoms with Crippen molar-refractivity contribution in [1.82, 2.24) is 10.0 Å². The average Bonchev–Trinajstić information content (AvgIpc) is 1.84. The molecule has 0 N–H and O–H groups in total. The van der Waals surface area contributed by atoms with Crippen LogP contribution in [0.5, 0.6) is 0 Å². The van der Waals surface area contributed by atoms with Gasteiger partial charge < -0.3 is 0 Å². The first kappa shape index (κ1) is 9.08. The van der Waals surface area contributed by atoms with Crippen LogP contribution < -0.4 is 0 Å². The first-order valence-electron chi connectivity index (χ1n) is 3.25. The van der Waals surface area contributed by atoms with Gasteiger partial charge in [0.15, 0.2) is 0 Å². The first-order chi connectivity index (χ1) is 4.46. The third-order valence-electron chi connectivity index (χ3n) is 1.55. The van der Waals surface area contributed by atoms with Gasteiger partial charge in [-0.25, -0.2) is 0 Å². The topological polar surface area (TPSA) is 6.48 Å². The molecular formula is C8H16N2. The number of hydrogen-bond acceptors (Lipinski definition) is 2. The highest BCUT2D eigenvalue weighted by molar-refractivity contribution is 4.91. The molecule has 2 nitrogen and oxygen atoms in total. The molecule has 0 spiro atoms. The predicted octanol–water partition coefficient (Wildman–Crippen LogP) is 1.83. The van der Waals surface area contributed by atoms with E-state index >= 15 is 0 Å². The lowest BCUT2D eigenvalue weighted by molar-refractivity contribution is 0.110. The van der Waals surface area contributed by atoms with Crippen molar-refractivity contribution in [2.24, 2.45) is 0 Å². The Bertz CT molecular complexity index is 131. The van der Waals surface area contributed by atoms with Crippen molar-refractivity contribution in [2.75, 3.05) is 14.1 Å². The second-order valence-electron chi connectivity index (χ2n) is 2.52. The molecule has 0 radical (unpaired) electrons. The molecule has 0 atom stereocenters. The van der Waals surface area contributed by atoms with E-state index in [1.165, 1.54) is 0 Å². The Morgan fingerprint density at radius 2 is 1.10 bits per heavy atom. The fourth-order valence-corrected chi connectivity index (χ4v) is 0.512. The van der Waals surface area contributed by atoms with E-state index in [0.29, 0.717) is 0 Å². The molecule has 0 aromatic rings. The van der Waals surface area contributed by atoms with Gasteiger partial charge in [-0.2, -0.15) is 0 Å². The zero-order valence-electron chi connectivity index (χ0n) is 7.31. The van der Waals surface area contributed by atoms with Crippen LogP contribution in [-0.2, 0) is 0 Å². The SMILES string of the molecule is C=C(C)N(C)N(C)C(=C)C. The second kappa shape index (κ2) is 3.30. The second-order valence-corrected chi connectivity index (χ2v) is 2.52.